The molecule has 3 aromatic rings. The van der Waals surface area contributed by atoms with Crippen molar-refractivity contribution in [2.45, 2.75) is 6.04 Å². The number of hydrogen-bond acceptors (Lipinski definition) is 4. The Morgan fingerprint density at radius 1 is 1.43 bits per heavy atom. The van der Waals surface area contributed by atoms with Gasteiger partial charge in [0, 0.05) is 33.7 Å². The van der Waals surface area contributed by atoms with Gasteiger partial charge in [-0.1, -0.05) is 6.07 Å². The lowest BCUT2D eigenvalue weighted by molar-refractivity contribution is 0.0953. The molecule has 1 N–H and O–H groups in total. The molecule has 4 nitrogen and oxygen atoms in total. The Balaban J connectivity index is 1.72. The summed E-state index contributed by atoms with van der Waals surface area (Å²) in [5.74, 6) is -0.0561. The molecule has 0 unspecified atom stereocenters. The zero-order valence-corrected chi connectivity index (χ0v) is 14.1. The zero-order chi connectivity index (χ0) is 14.7. The van der Waals surface area contributed by atoms with E-state index < -0.39 is 0 Å². The van der Waals surface area contributed by atoms with Gasteiger partial charge in [-0.2, -0.15) is 5.10 Å². The number of carbonyl (C=O) groups is 1. The number of carbonyl (C=O) groups excluding carboxylic acids is 1. The van der Waals surface area contributed by atoms with Crippen LogP contribution in [0.15, 0.2) is 51.9 Å². The maximum Gasteiger partial charge on any atom is 0.261 e. The lowest BCUT2D eigenvalue weighted by Gasteiger charge is -2.16. The van der Waals surface area contributed by atoms with E-state index in [1.165, 1.54) is 16.2 Å². The van der Waals surface area contributed by atoms with Gasteiger partial charge in [0.2, 0.25) is 0 Å². The van der Waals surface area contributed by atoms with Gasteiger partial charge in [-0.3, -0.25) is 9.48 Å². The highest BCUT2D eigenvalue weighted by atomic mass is 79.9. The third-order valence-corrected chi connectivity index (χ3v) is 5.63. The molecule has 0 aliphatic carbocycles. The molecule has 3 rings (SSSR count). The molecule has 0 saturated heterocycles. The van der Waals surface area contributed by atoms with Crippen molar-refractivity contribution in [2.24, 2.45) is 0 Å². The quantitative estimate of drug-likeness (QED) is 0.730. The number of aromatic nitrogens is 2. The Kier molecular flexibility index (Phi) is 4.52. The van der Waals surface area contributed by atoms with Crippen molar-refractivity contribution in [3.8, 4) is 0 Å². The minimum absolute atomic E-state index is 0.0207. The zero-order valence-electron chi connectivity index (χ0n) is 10.9. The largest absolute Gasteiger partial charge is 0.349 e. The van der Waals surface area contributed by atoms with Gasteiger partial charge >= 0.3 is 0 Å². The van der Waals surface area contributed by atoms with Crippen LogP contribution in [0.25, 0.3) is 0 Å². The normalized spacial score (nSPS) is 12.2. The van der Waals surface area contributed by atoms with Crippen molar-refractivity contribution in [3.05, 3.63) is 61.6 Å². The van der Waals surface area contributed by atoms with E-state index in [1.807, 2.05) is 39.8 Å². The van der Waals surface area contributed by atoms with Crippen molar-refractivity contribution >= 4 is 44.5 Å². The molecule has 108 valence electrons. The van der Waals surface area contributed by atoms with Crippen LogP contribution < -0.4 is 5.32 Å². The van der Waals surface area contributed by atoms with Crippen molar-refractivity contribution in [1.82, 2.24) is 15.1 Å². The van der Waals surface area contributed by atoms with Gasteiger partial charge in [-0.05, 0) is 39.5 Å². The molecule has 1 amide bonds. The number of nitrogens with zero attached hydrogens (tertiary/aromatic N) is 2. The smallest absolute Gasteiger partial charge is 0.261 e. The lowest BCUT2D eigenvalue weighted by Crippen LogP contribution is -2.30. The molecule has 0 fully saturated rings. The molecule has 7 heteroatoms. The van der Waals surface area contributed by atoms with Crippen molar-refractivity contribution in [3.63, 3.8) is 0 Å². The maximum atomic E-state index is 12.2. The van der Waals surface area contributed by atoms with Gasteiger partial charge in [-0.15, -0.1) is 22.7 Å². The first-order valence-corrected chi connectivity index (χ1v) is 8.84. The van der Waals surface area contributed by atoms with Gasteiger partial charge < -0.3 is 5.32 Å². The summed E-state index contributed by atoms with van der Waals surface area (Å²) in [4.78, 5) is 14.0. The summed E-state index contributed by atoms with van der Waals surface area (Å²) in [5.41, 5.74) is 0. The molecule has 0 radical (unpaired) electrons. The summed E-state index contributed by atoms with van der Waals surface area (Å²) < 4.78 is 2.80. The van der Waals surface area contributed by atoms with Crippen LogP contribution >= 0.6 is 38.6 Å². The second kappa shape index (κ2) is 6.55. The first kappa shape index (κ1) is 14.5. The molecule has 0 aromatic carbocycles. The fourth-order valence-electron chi connectivity index (χ4n) is 1.98. The highest BCUT2D eigenvalue weighted by molar-refractivity contribution is 9.10. The predicted molar refractivity (Wildman–Crippen MR) is 89.0 cm³/mol. The minimum Gasteiger partial charge on any atom is -0.349 e. The third kappa shape index (κ3) is 3.42. The molecule has 0 spiro atoms. The second-order valence-corrected chi connectivity index (χ2v) is 7.16. The van der Waals surface area contributed by atoms with Crippen LogP contribution in [0, 0.1) is 0 Å². The summed E-state index contributed by atoms with van der Waals surface area (Å²) in [6.07, 6.45) is 3.66. The average Bonchev–Trinajstić information content (AvgIpc) is 3.21. The summed E-state index contributed by atoms with van der Waals surface area (Å²) in [5, 5.41) is 11.2. The highest BCUT2D eigenvalue weighted by Crippen LogP contribution is 2.23. The summed E-state index contributed by atoms with van der Waals surface area (Å²) >= 11 is 6.45. The van der Waals surface area contributed by atoms with Crippen molar-refractivity contribution in [2.75, 3.05) is 6.54 Å². The Morgan fingerprint density at radius 2 is 2.33 bits per heavy atom. The standard InChI is InChI=1S/C14H12BrN3OS2/c15-10-7-13(21-9-10)14(19)16-8-11(12-3-1-6-20-12)18-5-2-4-17-18/h1-7,9,11H,8H2,(H,16,19)/t11-/m0/s1. The summed E-state index contributed by atoms with van der Waals surface area (Å²) in [7, 11) is 0. The van der Waals surface area contributed by atoms with E-state index in [2.05, 4.69) is 32.4 Å². The Morgan fingerprint density at radius 3 is 2.95 bits per heavy atom. The maximum absolute atomic E-state index is 12.2. The van der Waals surface area contributed by atoms with Crippen LogP contribution in [0.1, 0.15) is 20.6 Å². The van der Waals surface area contributed by atoms with Crippen LogP contribution in [0.2, 0.25) is 0 Å². The van der Waals surface area contributed by atoms with E-state index in [4.69, 9.17) is 0 Å². The number of thiophene rings is 2. The van der Waals surface area contributed by atoms with Gasteiger partial charge in [0.15, 0.2) is 0 Å². The topological polar surface area (TPSA) is 46.9 Å². The third-order valence-electron chi connectivity index (χ3n) is 2.96. The summed E-state index contributed by atoms with van der Waals surface area (Å²) in [6.45, 7) is 0.510. The van der Waals surface area contributed by atoms with Crippen LogP contribution in [0.3, 0.4) is 0 Å². The van der Waals surface area contributed by atoms with E-state index in [1.54, 1.807) is 17.5 Å². The average molecular weight is 382 g/mol. The van der Waals surface area contributed by atoms with E-state index in [0.29, 0.717) is 11.4 Å². The molecule has 0 bridgehead atoms. The number of nitrogens with one attached hydrogen (secondary N) is 1. The summed E-state index contributed by atoms with van der Waals surface area (Å²) in [6, 6.07) is 7.80. The van der Waals surface area contributed by atoms with Crippen LogP contribution in [0.5, 0.6) is 0 Å². The SMILES string of the molecule is O=C(NC[C@@H](c1cccs1)n1cccn1)c1cc(Br)cs1. The van der Waals surface area contributed by atoms with E-state index in [-0.39, 0.29) is 11.9 Å². The minimum atomic E-state index is -0.0561. The van der Waals surface area contributed by atoms with Crippen LogP contribution in [-0.2, 0) is 0 Å². The second-order valence-electron chi connectivity index (χ2n) is 4.36. The first-order chi connectivity index (χ1) is 10.2. The molecule has 0 aliphatic rings. The van der Waals surface area contributed by atoms with Crippen molar-refractivity contribution in [1.29, 1.82) is 0 Å². The van der Waals surface area contributed by atoms with E-state index in [0.717, 1.165) is 4.47 Å². The number of amides is 1. The molecular formula is C14H12BrN3OS2. The van der Waals surface area contributed by atoms with Crippen LogP contribution in [0.4, 0.5) is 0 Å². The lowest BCUT2D eigenvalue weighted by atomic mass is 10.2. The first-order valence-electron chi connectivity index (χ1n) is 6.29. The molecule has 0 saturated carbocycles. The number of hydrogen-bond donors (Lipinski definition) is 1. The van der Waals surface area contributed by atoms with Gasteiger partial charge in [0.25, 0.3) is 5.91 Å². The van der Waals surface area contributed by atoms with E-state index >= 15 is 0 Å². The molecule has 3 aromatic heterocycles. The molecule has 0 aliphatic heterocycles. The molecule has 21 heavy (non-hydrogen) atoms. The monoisotopic (exact) mass is 381 g/mol. The fourth-order valence-corrected chi connectivity index (χ4v) is 4.14. The Hall–Kier alpha value is -1.44. The molecule has 3 heterocycles. The van der Waals surface area contributed by atoms with Gasteiger partial charge in [0.1, 0.15) is 6.04 Å². The van der Waals surface area contributed by atoms with E-state index in [9.17, 15) is 4.79 Å². The number of halogens is 1. The molecule has 1 atom stereocenters. The number of rotatable bonds is 5. The van der Waals surface area contributed by atoms with Crippen molar-refractivity contribution < 1.29 is 4.79 Å². The fraction of sp³-hybridized carbons (Fsp3) is 0.143. The van der Waals surface area contributed by atoms with Crippen LogP contribution in [-0.4, -0.2) is 22.2 Å². The Bertz CT molecular complexity index is 672. The molecular weight excluding hydrogens is 370 g/mol. The highest BCUT2D eigenvalue weighted by Gasteiger charge is 2.17. The van der Waals surface area contributed by atoms with Gasteiger partial charge in [0.05, 0.1) is 4.88 Å². The van der Waals surface area contributed by atoms with Gasteiger partial charge in [-0.25, -0.2) is 0 Å². The predicted octanol–water partition coefficient (Wildman–Crippen LogP) is 3.79. The Labute approximate surface area is 138 Å².